The Labute approximate surface area is 112 Å². The summed E-state index contributed by atoms with van der Waals surface area (Å²) in [5, 5.41) is 3.04. The maximum absolute atomic E-state index is 12.6. The van der Waals surface area contributed by atoms with E-state index < -0.39 is 18.4 Å². The Morgan fingerprint density at radius 1 is 1.26 bits per heavy atom. The molecular weight excluding hydrogens is 255 g/mol. The summed E-state index contributed by atoms with van der Waals surface area (Å²) in [6, 6.07) is 7.34. The van der Waals surface area contributed by atoms with E-state index in [9.17, 15) is 13.2 Å². The van der Waals surface area contributed by atoms with Gasteiger partial charge in [-0.3, -0.25) is 0 Å². The van der Waals surface area contributed by atoms with Gasteiger partial charge in [0.05, 0.1) is 6.10 Å². The van der Waals surface area contributed by atoms with Crippen LogP contribution in [0.5, 0.6) is 0 Å². The summed E-state index contributed by atoms with van der Waals surface area (Å²) in [5.41, 5.74) is 1.72. The highest BCUT2D eigenvalue weighted by Gasteiger charge is 2.38. The molecule has 1 N–H and O–H groups in total. The van der Waals surface area contributed by atoms with Crippen molar-refractivity contribution < 1.29 is 17.9 Å². The van der Waals surface area contributed by atoms with Gasteiger partial charge >= 0.3 is 6.18 Å². The topological polar surface area (TPSA) is 21.3 Å². The molecule has 0 saturated heterocycles. The van der Waals surface area contributed by atoms with E-state index in [1.165, 1.54) is 0 Å². The average Bonchev–Trinajstić information content (AvgIpc) is 2.34. The first-order valence-corrected chi connectivity index (χ1v) is 6.34. The van der Waals surface area contributed by atoms with E-state index in [0.29, 0.717) is 13.1 Å². The van der Waals surface area contributed by atoms with Crippen molar-refractivity contribution in [3.63, 3.8) is 0 Å². The molecule has 0 aromatic heterocycles. The van der Waals surface area contributed by atoms with Gasteiger partial charge in [-0.05, 0) is 31.5 Å². The molecule has 2 unspecified atom stereocenters. The average molecular weight is 275 g/mol. The third kappa shape index (κ3) is 4.84. The molecule has 0 bridgehead atoms. The van der Waals surface area contributed by atoms with Crippen LogP contribution in [0.1, 0.15) is 31.1 Å². The number of halogens is 3. The van der Waals surface area contributed by atoms with Gasteiger partial charge in [0.25, 0.3) is 0 Å². The molecule has 0 amide bonds. The minimum absolute atomic E-state index is 0.363. The Balaban J connectivity index is 2.86. The van der Waals surface area contributed by atoms with Gasteiger partial charge in [-0.2, -0.15) is 13.2 Å². The fourth-order valence-electron chi connectivity index (χ4n) is 1.78. The zero-order chi connectivity index (χ0) is 14.5. The maximum Gasteiger partial charge on any atom is 0.414 e. The number of hydrogen-bond donors (Lipinski definition) is 1. The summed E-state index contributed by atoms with van der Waals surface area (Å²) in [4.78, 5) is 0. The smallest absolute Gasteiger partial charge is 0.360 e. The highest BCUT2D eigenvalue weighted by atomic mass is 19.4. The van der Waals surface area contributed by atoms with Crippen LogP contribution in [-0.2, 0) is 4.74 Å². The molecule has 0 spiro atoms. The molecule has 0 heterocycles. The van der Waals surface area contributed by atoms with Gasteiger partial charge in [0.2, 0.25) is 0 Å². The van der Waals surface area contributed by atoms with Gasteiger partial charge in [-0.25, -0.2) is 0 Å². The molecule has 0 saturated carbocycles. The fraction of sp³-hybridized carbons (Fsp3) is 0.571. The summed E-state index contributed by atoms with van der Waals surface area (Å²) in [5.74, 6) is 0. The third-order valence-corrected chi connectivity index (χ3v) is 2.94. The van der Waals surface area contributed by atoms with E-state index in [4.69, 9.17) is 4.74 Å². The van der Waals surface area contributed by atoms with Gasteiger partial charge in [0.15, 0.2) is 6.10 Å². The van der Waals surface area contributed by atoms with Crippen LogP contribution in [0.15, 0.2) is 24.3 Å². The summed E-state index contributed by atoms with van der Waals surface area (Å²) in [6.45, 7) is 5.86. The van der Waals surface area contributed by atoms with Crippen molar-refractivity contribution in [3.05, 3.63) is 35.4 Å². The molecule has 2 atom stereocenters. The third-order valence-electron chi connectivity index (χ3n) is 2.94. The Morgan fingerprint density at radius 3 is 2.42 bits per heavy atom. The standard InChI is InChI=1S/C14H20F3NO/c1-4-18-9-13(19-11(3)14(15,16)17)12-8-6-5-7-10(12)2/h5-8,11,13,18H,4,9H2,1-3H3. The van der Waals surface area contributed by atoms with Gasteiger partial charge in [0, 0.05) is 6.54 Å². The minimum Gasteiger partial charge on any atom is -0.360 e. The van der Waals surface area contributed by atoms with Crippen molar-refractivity contribution >= 4 is 0 Å². The molecule has 2 nitrogen and oxygen atoms in total. The van der Waals surface area contributed by atoms with E-state index >= 15 is 0 Å². The van der Waals surface area contributed by atoms with Crippen molar-refractivity contribution in [2.45, 2.75) is 39.2 Å². The molecular formula is C14H20F3NO. The van der Waals surface area contributed by atoms with Crippen LogP contribution in [0.25, 0.3) is 0 Å². The SMILES string of the molecule is CCNCC(OC(C)C(F)(F)F)c1ccccc1C. The lowest BCUT2D eigenvalue weighted by molar-refractivity contribution is -0.227. The van der Waals surface area contributed by atoms with E-state index in [1.807, 2.05) is 32.0 Å². The lowest BCUT2D eigenvalue weighted by Crippen LogP contribution is -2.33. The number of likely N-dealkylation sites (N-methyl/N-ethyl adjacent to an activating group) is 1. The number of benzene rings is 1. The van der Waals surface area contributed by atoms with Crippen LogP contribution in [0.2, 0.25) is 0 Å². The first-order chi connectivity index (χ1) is 8.86. The molecule has 1 aromatic rings. The molecule has 0 aliphatic carbocycles. The lowest BCUT2D eigenvalue weighted by Gasteiger charge is -2.25. The quantitative estimate of drug-likeness (QED) is 0.856. The summed E-state index contributed by atoms with van der Waals surface area (Å²) >= 11 is 0. The Kier molecular flexibility index (Phi) is 5.82. The van der Waals surface area contributed by atoms with Gasteiger partial charge < -0.3 is 10.1 Å². The summed E-state index contributed by atoms with van der Waals surface area (Å²) in [7, 11) is 0. The highest BCUT2D eigenvalue weighted by molar-refractivity contribution is 5.28. The van der Waals surface area contributed by atoms with Crippen molar-refractivity contribution in [3.8, 4) is 0 Å². The predicted octanol–water partition coefficient (Wildman–Crippen LogP) is 3.61. The van der Waals surface area contributed by atoms with E-state index in [1.54, 1.807) is 6.07 Å². The number of ether oxygens (including phenoxy) is 1. The lowest BCUT2D eigenvalue weighted by atomic mass is 10.0. The van der Waals surface area contributed by atoms with Crippen LogP contribution in [-0.4, -0.2) is 25.4 Å². The van der Waals surface area contributed by atoms with Gasteiger partial charge in [-0.15, -0.1) is 0 Å². The summed E-state index contributed by atoms with van der Waals surface area (Å²) < 4.78 is 43.0. The number of nitrogens with one attached hydrogen (secondary N) is 1. The Hall–Kier alpha value is -1.07. The zero-order valence-corrected chi connectivity index (χ0v) is 11.4. The van der Waals surface area contributed by atoms with E-state index in [-0.39, 0.29) is 0 Å². The first kappa shape index (κ1) is 16.0. The van der Waals surface area contributed by atoms with E-state index in [2.05, 4.69) is 5.32 Å². The number of rotatable bonds is 6. The molecule has 0 fully saturated rings. The molecule has 1 aromatic carbocycles. The monoisotopic (exact) mass is 275 g/mol. The van der Waals surface area contributed by atoms with Crippen LogP contribution in [0, 0.1) is 6.92 Å². The van der Waals surface area contributed by atoms with Crippen LogP contribution in [0.3, 0.4) is 0 Å². The largest absolute Gasteiger partial charge is 0.414 e. The van der Waals surface area contributed by atoms with Crippen molar-refractivity contribution in [2.75, 3.05) is 13.1 Å². The maximum atomic E-state index is 12.6. The van der Waals surface area contributed by atoms with Crippen molar-refractivity contribution in [1.82, 2.24) is 5.32 Å². The molecule has 0 radical (unpaired) electrons. The molecule has 5 heteroatoms. The number of alkyl halides is 3. The van der Waals surface area contributed by atoms with Crippen LogP contribution >= 0.6 is 0 Å². The Morgan fingerprint density at radius 2 is 1.89 bits per heavy atom. The molecule has 0 aliphatic rings. The second-order valence-electron chi connectivity index (χ2n) is 4.47. The predicted molar refractivity (Wildman–Crippen MR) is 69.1 cm³/mol. The van der Waals surface area contributed by atoms with Gasteiger partial charge in [-0.1, -0.05) is 31.2 Å². The van der Waals surface area contributed by atoms with E-state index in [0.717, 1.165) is 18.1 Å². The number of hydrogen-bond acceptors (Lipinski definition) is 2. The first-order valence-electron chi connectivity index (χ1n) is 6.34. The van der Waals surface area contributed by atoms with Crippen LogP contribution in [0.4, 0.5) is 13.2 Å². The van der Waals surface area contributed by atoms with Gasteiger partial charge in [0.1, 0.15) is 0 Å². The highest BCUT2D eigenvalue weighted by Crippen LogP contribution is 2.29. The minimum atomic E-state index is -4.34. The van der Waals surface area contributed by atoms with Crippen molar-refractivity contribution in [1.29, 1.82) is 0 Å². The fourth-order valence-corrected chi connectivity index (χ4v) is 1.78. The molecule has 108 valence electrons. The normalized spacial score (nSPS) is 15.3. The Bertz CT molecular complexity index is 393. The van der Waals surface area contributed by atoms with Crippen molar-refractivity contribution in [2.24, 2.45) is 0 Å². The second-order valence-corrected chi connectivity index (χ2v) is 4.47. The zero-order valence-electron chi connectivity index (χ0n) is 11.4. The molecule has 19 heavy (non-hydrogen) atoms. The summed E-state index contributed by atoms with van der Waals surface area (Å²) in [6.07, 6.45) is -6.72. The van der Waals surface area contributed by atoms with Crippen LogP contribution < -0.4 is 5.32 Å². The second kappa shape index (κ2) is 6.91. The molecule has 0 aliphatic heterocycles. The number of aryl methyl sites for hydroxylation is 1. The molecule has 1 rings (SSSR count).